The molecule has 0 amide bonds. The lowest BCUT2D eigenvalue weighted by molar-refractivity contribution is 0.104. The van der Waals surface area contributed by atoms with Crippen LogP contribution in [-0.2, 0) is 0 Å². The Morgan fingerprint density at radius 3 is 2.34 bits per heavy atom. The normalized spacial score (nSPS) is 11.2. The minimum Gasteiger partial charge on any atom is -0.504 e. The number of carbonyl (C=O) groups is 1. The lowest BCUT2D eigenvalue weighted by atomic mass is 10.0. The lowest BCUT2D eigenvalue weighted by Crippen LogP contribution is -2.15. The van der Waals surface area contributed by atoms with E-state index in [2.05, 4.69) is 0 Å². The van der Waals surface area contributed by atoms with Crippen LogP contribution >= 0.6 is 0 Å². The first-order valence-electron chi connectivity index (χ1n) is 8.90. The average molecular weight is 384 g/mol. The Morgan fingerprint density at radius 1 is 0.862 bits per heavy atom. The Bertz CT molecular complexity index is 1300. The number of benzene rings is 3. The highest BCUT2D eigenvalue weighted by Gasteiger charge is 2.20. The predicted molar refractivity (Wildman–Crippen MR) is 111 cm³/mol. The molecule has 1 heterocycles. The van der Waals surface area contributed by atoms with E-state index < -0.39 is 11.2 Å². The molecule has 4 rings (SSSR count). The molecule has 0 unspecified atom stereocenters. The van der Waals surface area contributed by atoms with Crippen molar-refractivity contribution in [2.75, 3.05) is 0 Å². The first kappa shape index (κ1) is 18.3. The van der Waals surface area contributed by atoms with Gasteiger partial charge in [0.25, 0.3) is 0 Å². The van der Waals surface area contributed by atoms with E-state index >= 15 is 0 Å². The van der Waals surface area contributed by atoms with Gasteiger partial charge in [-0.2, -0.15) is 0 Å². The number of hydrogen-bond donors (Lipinski definition) is 2. The van der Waals surface area contributed by atoms with Crippen LogP contribution in [0.3, 0.4) is 0 Å². The molecule has 0 saturated carbocycles. The Hall–Kier alpha value is -4.12. The van der Waals surface area contributed by atoms with Crippen LogP contribution in [0.5, 0.6) is 11.5 Å². The number of phenols is 2. The number of rotatable bonds is 4. The fourth-order valence-corrected chi connectivity index (χ4v) is 3.06. The smallest absolute Gasteiger partial charge is 0.204 e. The Labute approximate surface area is 165 Å². The van der Waals surface area contributed by atoms with Crippen molar-refractivity contribution >= 4 is 22.8 Å². The summed E-state index contributed by atoms with van der Waals surface area (Å²) in [7, 11) is 0. The molecule has 5 heteroatoms. The second kappa shape index (κ2) is 7.48. The van der Waals surface area contributed by atoms with Gasteiger partial charge < -0.3 is 14.6 Å². The largest absolute Gasteiger partial charge is 0.504 e. The van der Waals surface area contributed by atoms with Gasteiger partial charge in [0.1, 0.15) is 16.9 Å². The highest BCUT2D eigenvalue weighted by atomic mass is 16.3. The van der Waals surface area contributed by atoms with E-state index in [1.54, 1.807) is 54.6 Å². The van der Waals surface area contributed by atoms with E-state index in [-0.39, 0.29) is 22.8 Å². The Balaban J connectivity index is 1.86. The van der Waals surface area contributed by atoms with E-state index in [9.17, 15) is 19.8 Å². The third-order valence-electron chi connectivity index (χ3n) is 4.51. The summed E-state index contributed by atoms with van der Waals surface area (Å²) < 4.78 is 5.94. The molecule has 5 nitrogen and oxygen atoms in total. The van der Waals surface area contributed by atoms with Gasteiger partial charge in [0.2, 0.25) is 5.43 Å². The van der Waals surface area contributed by atoms with Crippen molar-refractivity contribution < 1.29 is 19.4 Å². The zero-order valence-corrected chi connectivity index (χ0v) is 15.2. The van der Waals surface area contributed by atoms with Gasteiger partial charge in [-0.25, -0.2) is 0 Å². The van der Waals surface area contributed by atoms with Gasteiger partial charge in [-0.3, -0.25) is 9.59 Å². The van der Waals surface area contributed by atoms with Crippen LogP contribution in [-0.4, -0.2) is 16.0 Å². The molecule has 1 aromatic heterocycles. The molecular weight excluding hydrogens is 368 g/mol. The van der Waals surface area contributed by atoms with E-state index in [0.29, 0.717) is 22.1 Å². The SMILES string of the molecule is O=C(/C=C/c1ccc(O)c(O)c1)c1c(-c2ccccc2)oc2ccccc2c1=O. The van der Waals surface area contributed by atoms with Crippen LogP contribution < -0.4 is 5.43 Å². The topological polar surface area (TPSA) is 87.7 Å². The van der Waals surface area contributed by atoms with Gasteiger partial charge in [-0.05, 0) is 35.9 Å². The summed E-state index contributed by atoms with van der Waals surface area (Å²) in [5.41, 5.74) is 1.05. The molecule has 4 aromatic rings. The molecule has 0 atom stereocenters. The molecule has 0 aliphatic rings. The van der Waals surface area contributed by atoms with Crippen molar-refractivity contribution in [1.82, 2.24) is 0 Å². The summed E-state index contributed by atoms with van der Waals surface area (Å²) in [6.07, 6.45) is 2.71. The summed E-state index contributed by atoms with van der Waals surface area (Å²) >= 11 is 0. The zero-order chi connectivity index (χ0) is 20.4. The van der Waals surface area contributed by atoms with Crippen molar-refractivity contribution in [3.05, 3.63) is 100 Å². The average Bonchev–Trinajstić information content (AvgIpc) is 2.75. The molecule has 29 heavy (non-hydrogen) atoms. The number of allylic oxidation sites excluding steroid dienone is 1. The Morgan fingerprint density at radius 2 is 1.59 bits per heavy atom. The van der Waals surface area contributed by atoms with E-state index in [4.69, 9.17) is 4.42 Å². The summed E-state index contributed by atoms with van der Waals surface area (Å²) in [6.45, 7) is 0. The van der Waals surface area contributed by atoms with Crippen molar-refractivity contribution in [2.45, 2.75) is 0 Å². The number of phenolic OH excluding ortho intramolecular Hbond substituents is 2. The molecule has 0 spiro atoms. The summed E-state index contributed by atoms with van der Waals surface area (Å²) in [4.78, 5) is 26.1. The maximum Gasteiger partial charge on any atom is 0.204 e. The fourth-order valence-electron chi connectivity index (χ4n) is 3.06. The summed E-state index contributed by atoms with van der Waals surface area (Å²) in [6, 6.07) is 19.9. The second-order valence-electron chi connectivity index (χ2n) is 6.44. The minimum atomic E-state index is -0.518. The van der Waals surface area contributed by atoms with Gasteiger partial charge in [0.15, 0.2) is 17.3 Å². The molecule has 0 aliphatic carbocycles. The Kier molecular flexibility index (Phi) is 4.71. The molecule has 0 aliphatic heterocycles. The van der Waals surface area contributed by atoms with Gasteiger partial charge in [0, 0.05) is 5.56 Å². The predicted octanol–water partition coefficient (Wildman–Crippen LogP) is 4.77. The highest BCUT2D eigenvalue weighted by Crippen LogP contribution is 2.28. The van der Waals surface area contributed by atoms with E-state index in [1.807, 2.05) is 6.07 Å². The fraction of sp³-hybridized carbons (Fsp3) is 0. The quantitative estimate of drug-likeness (QED) is 0.301. The number of fused-ring (bicyclic) bond motifs is 1. The molecule has 0 saturated heterocycles. The first-order chi connectivity index (χ1) is 14.0. The van der Waals surface area contributed by atoms with Gasteiger partial charge in [-0.15, -0.1) is 0 Å². The number of aromatic hydroxyl groups is 2. The monoisotopic (exact) mass is 384 g/mol. The number of carbonyl (C=O) groups excluding carboxylic acids is 1. The molecule has 0 radical (unpaired) electrons. The molecular formula is C24H16O5. The maximum atomic E-state index is 13.1. The van der Waals surface area contributed by atoms with Gasteiger partial charge >= 0.3 is 0 Å². The minimum absolute atomic E-state index is 0.0610. The van der Waals surface area contributed by atoms with Crippen LogP contribution in [0.1, 0.15) is 15.9 Å². The van der Waals surface area contributed by atoms with E-state index in [0.717, 1.165) is 0 Å². The number of ketones is 1. The van der Waals surface area contributed by atoms with Crippen molar-refractivity contribution in [2.24, 2.45) is 0 Å². The van der Waals surface area contributed by atoms with Crippen molar-refractivity contribution in [1.29, 1.82) is 0 Å². The molecule has 0 fully saturated rings. The zero-order valence-electron chi connectivity index (χ0n) is 15.2. The number of para-hydroxylation sites is 1. The summed E-state index contributed by atoms with van der Waals surface area (Å²) in [5, 5.41) is 19.3. The maximum absolute atomic E-state index is 13.1. The third kappa shape index (κ3) is 3.53. The van der Waals surface area contributed by atoms with E-state index in [1.165, 1.54) is 24.3 Å². The van der Waals surface area contributed by atoms with Crippen LogP contribution in [0.15, 0.2) is 88.1 Å². The second-order valence-corrected chi connectivity index (χ2v) is 6.44. The molecule has 142 valence electrons. The third-order valence-corrected chi connectivity index (χ3v) is 4.51. The van der Waals surface area contributed by atoms with Crippen molar-refractivity contribution in [3.8, 4) is 22.8 Å². The molecule has 2 N–H and O–H groups in total. The molecule has 3 aromatic carbocycles. The molecule has 0 bridgehead atoms. The summed E-state index contributed by atoms with van der Waals surface area (Å²) in [5.74, 6) is -0.863. The highest BCUT2D eigenvalue weighted by molar-refractivity contribution is 6.11. The van der Waals surface area contributed by atoms with Gasteiger partial charge in [-0.1, -0.05) is 54.6 Å². The van der Waals surface area contributed by atoms with Crippen LogP contribution in [0.25, 0.3) is 28.4 Å². The van der Waals surface area contributed by atoms with Crippen LogP contribution in [0.2, 0.25) is 0 Å². The standard InChI is InChI=1S/C24H16O5/c25-18-12-10-15(14-20(18)27)11-13-19(26)22-23(28)17-8-4-5-9-21(17)29-24(22)16-6-2-1-3-7-16/h1-14,25,27H/b13-11+. The van der Waals surface area contributed by atoms with Gasteiger partial charge in [0.05, 0.1) is 5.39 Å². The van der Waals surface area contributed by atoms with Crippen molar-refractivity contribution in [3.63, 3.8) is 0 Å². The first-order valence-corrected chi connectivity index (χ1v) is 8.90. The lowest BCUT2D eigenvalue weighted by Gasteiger charge is -2.08. The number of hydrogen-bond acceptors (Lipinski definition) is 5. The van der Waals surface area contributed by atoms with Crippen LogP contribution in [0, 0.1) is 0 Å². The van der Waals surface area contributed by atoms with Crippen LogP contribution in [0.4, 0.5) is 0 Å².